The second-order valence-corrected chi connectivity index (χ2v) is 4.50. The highest BCUT2D eigenvalue weighted by Gasteiger charge is 2.08. The predicted molar refractivity (Wildman–Crippen MR) is 78.4 cm³/mol. The fourth-order valence-electron chi connectivity index (χ4n) is 2.09. The van der Waals surface area contributed by atoms with Crippen LogP contribution in [-0.4, -0.2) is 12.0 Å². The monoisotopic (exact) mass is 252 g/mol. The summed E-state index contributed by atoms with van der Waals surface area (Å²) in [6, 6.07) is 14.3. The van der Waals surface area contributed by atoms with Gasteiger partial charge in [-0.3, -0.25) is 0 Å². The zero-order valence-electron chi connectivity index (χ0n) is 11.1. The molecule has 0 spiro atoms. The van der Waals surface area contributed by atoms with Gasteiger partial charge in [0.1, 0.15) is 5.52 Å². The summed E-state index contributed by atoms with van der Waals surface area (Å²) in [7, 11) is 1.89. The summed E-state index contributed by atoms with van der Waals surface area (Å²) in [5, 5.41) is 3.10. The zero-order chi connectivity index (χ0) is 13.2. The first-order chi connectivity index (χ1) is 9.30. The summed E-state index contributed by atoms with van der Waals surface area (Å²) in [5.74, 6) is 0.672. The number of aromatic nitrogens is 1. The van der Waals surface area contributed by atoms with Crippen molar-refractivity contribution in [2.75, 3.05) is 12.4 Å². The van der Waals surface area contributed by atoms with E-state index in [1.54, 1.807) is 0 Å². The van der Waals surface area contributed by atoms with Gasteiger partial charge in [-0.1, -0.05) is 19.1 Å². The lowest BCUT2D eigenvalue weighted by molar-refractivity contribution is 0.620. The van der Waals surface area contributed by atoms with Gasteiger partial charge in [0.2, 0.25) is 5.89 Å². The van der Waals surface area contributed by atoms with E-state index in [9.17, 15) is 0 Å². The number of aryl methyl sites for hydroxylation is 1. The topological polar surface area (TPSA) is 38.1 Å². The standard InChI is InChI=1S/C16H16N2O/c1-3-11-4-6-12(7-5-11)16-18-14-9-8-13(17-2)10-15(14)19-16/h4-10,17H,3H2,1-2H3. The molecule has 2 aromatic carbocycles. The number of hydrogen-bond acceptors (Lipinski definition) is 3. The molecule has 0 unspecified atom stereocenters. The van der Waals surface area contributed by atoms with Gasteiger partial charge in [0, 0.05) is 24.4 Å². The van der Waals surface area contributed by atoms with Crippen LogP contribution in [0.25, 0.3) is 22.6 Å². The zero-order valence-corrected chi connectivity index (χ0v) is 11.1. The van der Waals surface area contributed by atoms with Gasteiger partial charge in [-0.2, -0.15) is 0 Å². The third kappa shape index (κ3) is 2.19. The molecule has 1 N–H and O–H groups in total. The van der Waals surface area contributed by atoms with Gasteiger partial charge in [-0.25, -0.2) is 4.98 Å². The maximum absolute atomic E-state index is 5.82. The van der Waals surface area contributed by atoms with Crippen LogP contribution in [0.4, 0.5) is 5.69 Å². The van der Waals surface area contributed by atoms with Crippen LogP contribution in [0.15, 0.2) is 46.9 Å². The molecular formula is C16H16N2O. The third-order valence-corrected chi connectivity index (χ3v) is 3.29. The van der Waals surface area contributed by atoms with Gasteiger partial charge in [-0.15, -0.1) is 0 Å². The molecule has 0 saturated carbocycles. The first-order valence-electron chi connectivity index (χ1n) is 6.48. The molecule has 3 aromatic rings. The molecule has 3 rings (SSSR count). The second-order valence-electron chi connectivity index (χ2n) is 4.50. The van der Waals surface area contributed by atoms with Gasteiger partial charge in [-0.05, 0) is 36.2 Å². The molecular weight excluding hydrogens is 236 g/mol. The van der Waals surface area contributed by atoms with Crippen molar-refractivity contribution >= 4 is 16.8 Å². The van der Waals surface area contributed by atoms with E-state index in [0.717, 1.165) is 28.8 Å². The van der Waals surface area contributed by atoms with Gasteiger partial charge >= 0.3 is 0 Å². The smallest absolute Gasteiger partial charge is 0.227 e. The molecule has 0 aliphatic rings. The third-order valence-electron chi connectivity index (χ3n) is 3.29. The summed E-state index contributed by atoms with van der Waals surface area (Å²) in [6.07, 6.45) is 1.04. The number of hydrogen-bond donors (Lipinski definition) is 1. The van der Waals surface area contributed by atoms with Crippen LogP contribution in [0.2, 0.25) is 0 Å². The average Bonchev–Trinajstić information content (AvgIpc) is 2.90. The van der Waals surface area contributed by atoms with Gasteiger partial charge < -0.3 is 9.73 Å². The minimum Gasteiger partial charge on any atom is -0.436 e. The first-order valence-corrected chi connectivity index (χ1v) is 6.48. The molecule has 0 saturated heterocycles. The largest absolute Gasteiger partial charge is 0.436 e. The summed E-state index contributed by atoms with van der Waals surface area (Å²) in [4.78, 5) is 4.52. The normalized spacial score (nSPS) is 10.8. The van der Waals surface area contributed by atoms with Crippen molar-refractivity contribution in [2.24, 2.45) is 0 Å². The van der Waals surface area contributed by atoms with Crippen molar-refractivity contribution < 1.29 is 4.42 Å². The Morgan fingerprint density at radius 2 is 1.89 bits per heavy atom. The van der Waals surface area contributed by atoms with Crippen LogP contribution >= 0.6 is 0 Å². The number of benzene rings is 2. The van der Waals surface area contributed by atoms with E-state index in [1.165, 1.54) is 5.56 Å². The number of nitrogens with zero attached hydrogens (tertiary/aromatic N) is 1. The number of fused-ring (bicyclic) bond motifs is 1. The first kappa shape index (κ1) is 11.8. The van der Waals surface area contributed by atoms with Gasteiger partial charge in [0.15, 0.2) is 5.58 Å². The maximum Gasteiger partial charge on any atom is 0.227 e. The Balaban J connectivity index is 2.04. The second kappa shape index (κ2) is 4.76. The lowest BCUT2D eigenvalue weighted by Crippen LogP contribution is -1.85. The molecule has 0 aliphatic heterocycles. The fraction of sp³-hybridized carbons (Fsp3) is 0.188. The van der Waals surface area contributed by atoms with Crippen LogP contribution in [0.3, 0.4) is 0 Å². The molecule has 1 heterocycles. The summed E-state index contributed by atoms with van der Waals surface area (Å²) >= 11 is 0. The van der Waals surface area contributed by atoms with Crippen LogP contribution in [-0.2, 0) is 6.42 Å². The Kier molecular flexibility index (Phi) is 2.95. The van der Waals surface area contributed by atoms with Crippen LogP contribution < -0.4 is 5.32 Å². The molecule has 3 heteroatoms. The van der Waals surface area contributed by atoms with E-state index in [-0.39, 0.29) is 0 Å². The van der Waals surface area contributed by atoms with E-state index < -0.39 is 0 Å². The highest BCUT2D eigenvalue weighted by molar-refractivity contribution is 5.79. The molecule has 0 bridgehead atoms. The summed E-state index contributed by atoms with van der Waals surface area (Å²) in [6.45, 7) is 2.15. The van der Waals surface area contributed by atoms with E-state index >= 15 is 0 Å². The van der Waals surface area contributed by atoms with E-state index in [4.69, 9.17) is 4.42 Å². The number of oxazole rings is 1. The molecule has 0 fully saturated rings. The van der Waals surface area contributed by atoms with Crippen molar-refractivity contribution in [3.63, 3.8) is 0 Å². The van der Waals surface area contributed by atoms with E-state index in [0.29, 0.717) is 5.89 Å². The van der Waals surface area contributed by atoms with E-state index in [2.05, 4.69) is 41.5 Å². The number of rotatable bonds is 3. The van der Waals surface area contributed by atoms with Crippen molar-refractivity contribution in [2.45, 2.75) is 13.3 Å². The summed E-state index contributed by atoms with van der Waals surface area (Å²) < 4.78 is 5.82. The number of nitrogens with one attached hydrogen (secondary N) is 1. The minimum absolute atomic E-state index is 0.672. The van der Waals surface area contributed by atoms with Gasteiger partial charge in [0.05, 0.1) is 0 Å². The molecule has 0 atom stereocenters. The minimum atomic E-state index is 0.672. The van der Waals surface area contributed by atoms with Crippen molar-refractivity contribution in [3.05, 3.63) is 48.0 Å². The molecule has 0 radical (unpaired) electrons. The predicted octanol–water partition coefficient (Wildman–Crippen LogP) is 4.10. The highest BCUT2D eigenvalue weighted by Crippen LogP contribution is 2.26. The van der Waals surface area contributed by atoms with Crippen LogP contribution in [0.1, 0.15) is 12.5 Å². The number of anilines is 1. The Hall–Kier alpha value is -2.29. The van der Waals surface area contributed by atoms with Crippen molar-refractivity contribution in [1.29, 1.82) is 0 Å². The van der Waals surface area contributed by atoms with Crippen LogP contribution in [0.5, 0.6) is 0 Å². The summed E-state index contributed by atoms with van der Waals surface area (Å²) in [5.41, 5.74) is 5.04. The molecule has 96 valence electrons. The van der Waals surface area contributed by atoms with Crippen molar-refractivity contribution in [3.8, 4) is 11.5 Å². The van der Waals surface area contributed by atoms with E-state index in [1.807, 2.05) is 25.2 Å². The Morgan fingerprint density at radius 3 is 2.58 bits per heavy atom. The Bertz CT molecular complexity index is 698. The van der Waals surface area contributed by atoms with Gasteiger partial charge in [0.25, 0.3) is 0 Å². The van der Waals surface area contributed by atoms with Crippen LogP contribution in [0, 0.1) is 0 Å². The fourth-order valence-corrected chi connectivity index (χ4v) is 2.09. The Labute approximate surface area is 112 Å². The SMILES string of the molecule is CCc1ccc(-c2nc3ccc(NC)cc3o2)cc1. The Morgan fingerprint density at radius 1 is 1.11 bits per heavy atom. The lowest BCUT2D eigenvalue weighted by Gasteiger charge is -1.98. The van der Waals surface area contributed by atoms with Crippen molar-refractivity contribution in [1.82, 2.24) is 4.98 Å². The quantitative estimate of drug-likeness (QED) is 0.762. The molecule has 0 amide bonds. The average molecular weight is 252 g/mol. The maximum atomic E-state index is 5.82. The highest BCUT2D eigenvalue weighted by atomic mass is 16.3. The molecule has 0 aliphatic carbocycles. The lowest BCUT2D eigenvalue weighted by atomic mass is 10.1. The molecule has 1 aromatic heterocycles. The molecule has 3 nitrogen and oxygen atoms in total. The molecule has 19 heavy (non-hydrogen) atoms.